The molecule has 0 rings (SSSR count). The second-order valence-corrected chi connectivity index (χ2v) is 4.53. The van der Waals surface area contributed by atoms with Gasteiger partial charge in [-0.2, -0.15) is 24.9 Å². The summed E-state index contributed by atoms with van der Waals surface area (Å²) in [6.07, 6.45) is -1.16. The quantitative estimate of drug-likeness (QED) is 0.663. The van der Waals surface area contributed by atoms with E-state index in [2.05, 4.69) is 17.0 Å². The molecule has 0 saturated carbocycles. The Hall–Kier alpha value is 0.0600. The molecule has 92 valence electrons. The van der Waals surface area contributed by atoms with Crippen LogP contribution in [0.5, 0.6) is 0 Å². The zero-order chi connectivity index (χ0) is 11.7. The van der Waals surface area contributed by atoms with Crippen LogP contribution in [0, 0.1) is 0 Å². The molecule has 0 heterocycles. The monoisotopic (exact) mass is 245 g/mol. The summed E-state index contributed by atoms with van der Waals surface area (Å²) in [4.78, 5) is 0. The first-order chi connectivity index (χ1) is 6.95. The number of nitrogens with one attached hydrogen (secondary N) is 1. The van der Waals surface area contributed by atoms with Crippen molar-refractivity contribution in [3.05, 3.63) is 0 Å². The first-order valence-electron chi connectivity index (χ1n) is 4.83. The van der Waals surface area contributed by atoms with E-state index in [1.54, 1.807) is 11.8 Å². The summed E-state index contributed by atoms with van der Waals surface area (Å²) in [6.45, 7) is 2.35. The van der Waals surface area contributed by atoms with Gasteiger partial charge >= 0.3 is 6.18 Å². The van der Waals surface area contributed by atoms with Crippen molar-refractivity contribution >= 4 is 11.8 Å². The van der Waals surface area contributed by atoms with Gasteiger partial charge in [-0.1, -0.05) is 6.92 Å². The summed E-state index contributed by atoms with van der Waals surface area (Å²) >= 11 is 1.78. The predicted octanol–water partition coefficient (Wildman–Crippen LogP) is 2.30. The molecule has 0 fully saturated rings. The van der Waals surface area contributed by atoms with Gasteiger partial charge in [0.2, 0.25) is 0 Å². The predicted molar refractivity (Wildman–Crippen MR) is 57.3 cm³/mol. The van der Waals surface area contributed by atoms with E-state index in [0.29, 0.717) is 11.8 Å². The van der Waals surface area contributed by atoms with Crippen molar-refractivity contribution in [3.8, 4) is 0 Å². The number of hydrogen-bond acceptors (Lipinski definition) is 3. The molecule has 1 unspecified atom stereocenters. The van der Waals surface area contributed by atoms with Gasteiger partial charge in [-0.05, 0) is 19.2 Å². The molecule has 0 aromatic rings. The molecule has 0 aliphatic heterocycles. The van der Waals surface area contributed by atoms with E-state index in [1.807, 2.05) is 6.26 Å². The zero-order valence-electron chi connectivity index (χ0n) is 9.06. The van der Waals surface area contributed by atoms with Gasteiger partial charge in [0, 0.05) is 11.8 Å². The summed E-state index contributed by atoms with van der Waals surface area (Å²) in [5, 5.41) is 3.61. The van der Waals surface area contributed by atoms with E-state index in [0.717, 1.165) is 13.0 Å². The third kappa shape index (κ3) is 12.0. The van der Waals surface area contributed by atoms with Gasteiger partial charge in [0.25, 0.3) is 0 Å². The highest BCUT2D eigenvalue weighted by molar-refractivity contribution is 7.99. The van der Waals surface area contributed by atoms with Gasteiger partial charge in [0.05, 0.1) is 6.61 Å². The molecule has 2 nitrogen and oxygen atoms in total. The van der Waals surface area contributed by atoms with Crippen LogP contribution in [0.15, 0.2) is 0 Å². The second-order valence-electron chi connectivity index (χ2n) is 3.25. The summed E-state index contributed by atoms with van der Waals surface area (Å²) < 4.78 is 39.3. The third-order valence-corrected chi connectivity index (χ3v) is 2.86. The van der Waals surface area contributed by atoms with Gasteiger partial charge in [-0.3, -0.25) is 0 Å². The number of ether oxygens (including phenoxy) is 1. The molecular formula is C9H18F3NOS. The van der Waals surface area contributed by atoms with Crippen LogP contribution in [0.2, 0.25) is 0 Å². The maximum absolute atomic E-state index is 11.6. The maximum atomic E-state index is 11.6. The van der Waals surface area contributed by atoms with Crippen LogP contribution < -0.4 is 5.32 Å². The number of rotatable bonds is 8. The Morgan fingerprint density at radius 1 is 1.33 bits per heavy atom. The number of halogens is 3. The summed E-state index contributed by atoms with van der Waals surface area (Å²) in [6, 6.07) is 0. The van der Waals surface area contributed by atoms with E-state index >= 15 is 0 Å². The molecule has 0 aliphatic carbocycles. The van der Waals surface area contributed by atoms with Gasteiger partial charge in [0.1, 0.15) is 6.61 Å². The lowest BCUT2D eigenvalue weighted by atomic mass is 10.3. The van der Waals surface area contributed by atoms with Gasteiger partial charge < -0.3 is 10.1 Å². The van der Waals surface area contributed by atoms with Gasteiger partial charge in [-0.25, -0.2) is 0 Å². The fourth-order valence-corrected chi connectivity index (χ4v) is 1.23. The highest BCUT2D eigenvalue weighted by atomic mass is 32.2. The standard InChI is InChI=1S/C9H18F3NOS/c1-8(15-2)3-4-13-5-6-14-7-9(10,11)12/h8,13H,3-7H2,1-2H3. The van der Waals surface area contributed by atoms with E-state index in [-0.39, 0.29) is 6.61 Å². The number of thioether (sulfide) groups is 1. The average molecular weight is 245 g/mol. The molecule has 15 heavy (non-hydrogen) atoms. The topological polar surface area (TPSA) is 21.3 Å². The Labute approximate surface area is 92.9 Å². The minimum absolute atomic E-state index is 0.104. The third-order valence-electron chi connectivity index (χ3n) is 1.82. The van der Waals surface area contributed by atoms with Crippen molar-refractivity contribution in [2.45, 2.75) is 24.8 Å². The fourth-order valence-electron chi connectivity index (χ4n) is 0.880. The Balaban J connectivity index is 3.12. The smallest absolute Gasteiger partial charge is 0.371 e. The summed E-state index contributed by atoms with van der Waals surface area (Å²) in [7, 11) is 0. The Morgan fingerprint density at radius 2 is 2.00 bits per heavy atom. The normalized spacial score (nSPS) is 14.2. The van der Waals surface area contributed by atoms with Crippen molar-refractivity contribution < 1.29 is 17.9 Å². The van der Waals surface area contributed by atoms with Crippen LogP contribution in [0.1, 0.15) is 13.3 Å². The molecule has 0 radical (unpaired) electrons. The van der Waals surface area contributed by atoms with Crippen LogP contribution in [0.3, 0.4) is 0 Å². The largest absolute Gasteiger partial charge is 0.411 e. The lowest BCUT2D eigenvalue weighted by molar-refractivity contribution is -0.173. The molecule has 1 atom stereocenters. The van der Waals surface area contributed by atoms with E-state index in [4.69, 9.17) is 0 Å². The lowest BCUT2D eigenvalue weighted by Crippen LogP contribution is -2.25. The van der Waals surface area contributed by atoms with Gasteiger partial charge in [0.15, 0.2) is 0 Å². The van der Waals surface area contributed by atoms with Crippen molar-refractivity contribution in [1.29, 1.82) is 0 Å². The SMILES string of the molecule is CSC(C)CCNCCOCC(F)(F)F. The fraction of sp³-hybridized carbons (Fsp3) is 1.00. The van der Waals surface area contributed by atoms with Crippen molar-refractivity contribution in [2.75, 3.05) is 32.6 Å². The molecule has 0 aromatic carbocycles. The minimum Gasteiger partial charge on any atom is -0.371 e. The lowest BCUT2D eigenvalue weighted by Gasteiger charge is -2.10. The van der Waals surface area contributed by atoms with E-state index < -0.39 is 12.8 Å². The maximum Gasteiger partial charge on any atom is 0.411 e. The highest BCUT2D eigenvalue weighted by Gasteiger charge is 2.27. The minimum atomic E-state index is -4.21. The first kappa shape index (κ1) is 15.1. The van der Waals surface area contributed by atoms with Gasteiger partial charge in [-0.15, -0.1) is 0 Å². The molecular weight excluding hydrogens is 227 g/mol. The van der Waals surface area contributed by atoms with Crippen molar-refractivity contribution in [3.63, 3.8) is 0 Å². The van der Waals surface area contributed by atoms with Crippen molar-refractivity contribution in [2.24, 2.45) is 0 Å². The molecule has 0 saturated heterocycles. The molecule has 1 N–H and O–H groups in total. The Kier molecular flexibility index (Phi) is 8.27. The summed E-state index contributed by atoms with van der Waals surface area (Å²) in [5.74, 6) is 0. The molecule has 0 aromatic heterocycles. The highest BCUT2D eigenvalue weighted by Crippen LogP contribution is 2.13. The number of alkyl halides is 3. The van der Waals surface area contributed by atoms with E-state index in [1.165, 1.54) is 0 Å². The Morgan fingerprint density at radius 3 is 2.53 bits per heavy atom. The second kappa shape index (κ2) is 8.24. The molecule has 0 spiro atoms. The van der Waals surface area contributed by atoms with Crippen LogP contribution in [-0.2, 0) is 4.74 Å². The molecule has 0 bridgehead atoms. The van der Waals surface area contributed by atoms with Crippen molar-refractivity contribution in [1.82, 2.24) is 5.32 Å². The first-order valence-corrected chi connectivity index (χ1v) is 6.12. The van der Waals surface area contributed by atoms with Crippen LogP contribution in [-0.4, -0.2) is 44.0 Å². The van der Waals surface area contributed by atoms with Crippen LogP contribution in [0.4, 0.5) is 13.2 Å². The van der Waals surface area contributed by atoms with E-state index in [9.17, 15) is 13.2 Å². The Bertz CT molecular complexity index is 155. The number of hydrogen-bond donors (Lipinski definition) is 1. The van der Waals surface area contributed by atoms with Crippen LogP contribution >= 0.6 is 11.8 Å². The molecule has 0 amide bonds. The summed E-state index contributed by atoms with van der Waals surface area (Å²) in [5.41, 5.74) is 0. The molecule has 0 aliphatic rings. The van der Waals surface area contributed by atoms with Crippen LogP contribution in [0.25, 0.3) is 0 Å². The zero-order valence-corrected chi connectivity index (χ0v) is 9.88. The molecule has 6 heteroatoms. The average Bonchev–Trinajstić information content (AvgIpc) is 2.14.